The molecule has 9 heteroatoms. The van der Waals surface area contributed by atoms with E-state index in [2.05, 4.69) is 20.9 Å². The smallest absolute Gasteiger partial charge is 0.352 e. The summed E-state index contributed by atoms with van der Waals surface area (Å²) < 4.78 is 1.47. The summed E-state index contributed by atoms with van der Waals surface area (Å²) in [5.41, 5.74) is 2.35. The lowest BCUT2D eigenvalue weighted by Crippen LogP contribution is -2.25. The Kier molecular flexibility index (Phi) is 4.77. The Morgan fingerprint density at radius 1 is 1.14 bits per heavy atom. The molecular formula is C20H16ClN5O3. The fourth-order valence-corrected chi connectivity index (χ4v) is 3.13. The number of carboxylic acid groups (broad SMARTS) is 1. The number of fused-ring (bicyclic) bond motifs is 1. The highest BCUT2D eigenvalue weighted by atomic mass is 35.5. The van der Waals surface area contributed by atoms with Crippen molar-refractivity contribution in [3.63, 3.8) is 0 Å². The number of aryl methyl sites for hydroxylation is 1. The number of amides is 1. The van der Waals surface area contributed by atoms with Crippen LogP contribution in [0, 0.1) is 6.92 Å². The van der Waals surface area contributed by atoms with Crippen LogP contribution in [0.4, 0.5) is 11.5 Å². The Morgan fingerprint density at radius 2 is 1.83 bits per heavy atom. The molecule has 0 unspecified atom stereocenters. The average molecular weight is 410 g/mol. The van der Waals surface area contributed by atoms with Crippen LogP contribution >= 0.6 is 11.6 Å². The van der Waals surface area contributed by atoms with Gasteiger partial charge >= 0.3 is 5.97 Å². The molecule has 8 nitrogen and oxygen atoms in total. The third-order valence-electron chi connectivity index (χ3n) is 4.50. The Hall–Kier alpha value is -3.65. The van der Waals surface area contributed by atoms with E-state index in [-0.39, 0.29) is 17.2 Å². The summed E-state index contributed by atoms with van der Waals surface area (Å²) in [6, 6.07) is 13.7. The van der Waals surface area contributed by atoms with Crippen LogP contribution in [0.3, 0.4) is 0 Å². The summed E-state index contributed by atoms with van der Waals surface area (Å²) in [4.78, 5) is 24.4. The molecule has 4 rings (SSSR count). The molecule has 0 fully saturated rings. The van der Waals surface area contributed by atoms with Crippen molar-refractivity contribution < 1.29 is 14.7 Å². The molecule has 1 aliphatic heterocycles. The van der Waals surface area contributed by atoms with E-state index in [0.29, 0.717) is 10.7 Å². The number of anilines is 2. The Bertz CT molecular complexity index is 1120. The van der Waals surface area contributed by atoms with Gasteiger partial charge in [-0.2, -0.15) is 0 Å². The maximum absolute atomic E-state index is 12.7. The normalized spacial score (nSPS) is 15.1. The van der Waals surface area contributed by atoms with Crippen LogP contribution in [0.1, 0.15) is 27.7 Å². The van der Waals surface area contributed by atoms with Crippen LogP contribution in [-0.2, 0) is 4.79 Å². The predicted molar refractivity (Wildman–Crippen MR) is 108 cm³/mol. The highest BCUT2D eigenvalue weighted by Gasteiger charge is 2.30. The quantitative estimate of drug-likeness (QED) is 0.608. The maximum Gasteiger partial charge on any atom is 0.352 e. The van der Waals surface area contributed by atoms with E-state index < -0.39 is 17.9 Å². The van der Waals surface area contributed by atoms with Crippen molar-refractivity contribution in [1.82, 2.24) is 15.0 Å². The number of aliphatic carboxylic acids is 1. The van der Waals surface area contributed by atoms with Crippen LogP contribution in [-0.4, -0.2) is 32.0 Å². The average Bonchev–Trinajstić information content (AvgIpc) is 3.14. The zero-order chi connectivity index (χ0) is 20.5. The van der Waals surface area contributed by atoms with Crippen molar-refractivity contribution >= 4 is 35.0 Å². The Balaban J connectivity index is 1.70. The van der Waals surface area contributed by atoms with Crippen molar-refractivity contribution in [1.29, 1.82) is 0 Å². The predicted octanol–water partition coefficient (Wildman–Crippen LogP) is 3.48. The van der Waals surface area contributed by atoms with Gasteiger partial charge in [-0.1, -0.05) is 46.6 Å². The second kappa shape index (κ2) is 7.40. The Morgan fingerprint density at radius 3 is 2.48 bits per heavy atom. The zero-order valence-corrected chi connectivity index (χ0v) is 16.0. The Labute approximate surface area is 170 Å². The number of nitrogens with one attached hydrogen (secondary N) is 2. The van der Waals surface area contributed by atoms with Gasteiger partial charge in [0.15, 0.2) is 11.5 Å². The lowest BCUT2D eigenvalue weighted by molar-refractivity contribution is -0.132. The van der Waals surface area contributed by atoms with Gasteiger partial charge in [0.1, 0.15) is 11.7 Å². The molecule has 146 valence electrons. The fourth-order valence-electron chi connectivity index (χ4n) is 3.00. The minimum Gasteiger partial charge on any atom is -0.477 e. The van der Waals surface area contributed by atoms with Gasteiger partial charge in [0, 0.05) is 10.7 Å². The molecule has 0 radical (unpaired) electrons. The molecule has 1 aromatic heterocycles. The van der Waals surface area contributed by atoms with Gasteiger partial charge in [-0.05, 0) is 42.8 Å². The molecule has 0 aliphatic carbocycles. The van der Waals surface area contributed by atoms with Crippen molar-refractivity contribution in [2.45, 2.75) is 13.0 Å². The van der Waals surface area contributed by atoms with Gasteiger partial charge in [-0.25, -0.2) is 9.48 Å². The number of carbonyl (C=O) groups is 2. The number of benzene rings is 2. The third kappa shape index (κ3) is 3.70. The number of halogens is 1. The first-order chi connectivity index (χ1) is 13.9. The molecule has 0 saturated heterocycles. The van der Waals surface area contributed by atoms with Gasteiger partial charge in [0.2, 0.25) is 0 Å². The molecule has 0 saturated carbocycles. The first-order valence-electron chi connectivity index (χ1n) is 8.73. The number of nitrogens with zero attached hydrogens (tertiary/aromatic N) is 3. The lowest BCUT2D eigenvalue weighted by atomic mass is 10.0. The summed E-state index contributed by atoms with van der Waals surface area (Å²) >= 11 is 5.95. The molecule has 2 aromatic carbocycles. The van der Waals surface area contributed by atoms with Crippen molar-refractivity contribution in [2.24, 2.45) is 0 Å². The third-order valence-corrected chi connectivity index (χ3v) is 4.75. The van der Waals surface area contributed by atoms with Crippen molar-refractivity contribution in [2.75, 3.05) is 10.6 Å². The molecule has 0 bridgehead atoms. The minimum absolute atomic E-state index is 0.00334. The van der Waals surface area contributed by atoms with E-state index in [1.807, 2.05) is 19.1 Å². The summed E-state index contributed by atoms with van der Waals surface area (Å²) in [6.07, 6.45) is 1.51. The molecule has 3 N–H and O–H groups in total. The van der Waals surface area contributed by atoms with Gasteiger partial charge in [0.05, 0.1) is 0 Å². The van der Waals surface area contributed by atoms with E-state index in [9.17, 15) is 14.7 Å². The lowest BCUT2D eigenvalue weighted by Gasteiger charge is -2.23. The van der Waals surface area contributed by atoms with E-state index >= 15 is 0 Å². The standard InChI is InChI=1S/C20H16ClN5O3/c1-11-2-8-14(9-3-11)22-19(27)17-18-23-15(20(28)29)10-16(26(18)25-24-17)12-4-6-13(21)7-5-12/h2-10,16,23H,1H3,(H,22,27)(H,28,29)/t16-/m0/s1. The highest BCUT2D eigenvalue weighted by molar-refractivity contribution is 6.30. The fraction of sp³-hybridized carbons (Fsp3) is 0.100. The van der Waals surface area contributed by atoms with Gasteiger partial charge in [-0.15, -0.1) is 5.10 Å². The van der Waals surface area contributed by atoms with E-state index in [1.165, 1.54) is 10.8 Å². The van der Waals surface area contributed by atoms with Crippen LogP contribution in [0.5, 0.6) is 0 Å². The molecule has 29 heavy (non-hydrogen) atoms. The van der Waals surface area contributed by atoms with Crippen molar-refractivity contribution in [3.8, 4) is 0 Å². The van der Waals surface area contributed by atoms with Crippen molar-refractivity contribution in [3.05, 3.63) is 82.1 Å². The van der Waals surface area contributed by atoms with E-state index in [4.69, 9.17) is 11.6 Å². The number of aromatic nitrogens is 3. The molecule has 2 heterocycles. The SMILES string of the molecule is Cc1ccc(NC(=O)c2nnn3c2NC(C(=O)O)=C[C@H]3c2ccc(Cl)cc2)cc1. The number of rotatable bonds is 4. The second-order valence-electron chi connectivity index (χ2n) is 6.56. The van der Waals surface area contributed by atoms with E-state index in [0.717, 1.165) is 11.1 Å². The molecular weight excluding hydrogens is 394 g/mol. The van der Waals surface area contributed by atoms with Gasteiger partial charge < -0.3 is 15.7 Å². The van der Waals surface area contributed by atoms with E-state index in [1.54, 1.807) is 36.4 Å². The summed E-state index contributed by atoms with van der Waals surface area (Å²) in [6.45, 7) is 1.95. The number of carboxylic acids is 1. The summed E-state index contributed by atoms with van der Waals surface area (Å²) in [5, 5.41) is 23.6. The number of allylic oxidation sites excluding steroid dienone is 1. The van der Waals surface area contributed by atoms with Gasteiger partial charge in [-0.3, -0.25) is 4.79 Å². The minimum atomic E-state index is -1.15. The molecule has 0 spiro atoms. The number of carbonyl (C=O) groups excluding carboxylic acids is 1. The first-order valence-corrected chi connectivity index (χ1v) is 9.11. The van der Waals surface area contributed by atoms with Crippen LogP contribution in [0.15, 0.2) is 60.3 Å². The van der Waals surface area contributed by atoms with Crippen LogP contribution < -0.4 is 10.6 Å². The molecule has 3 aromatic rings. The molecule has 1 atom stereocenters. The summed E-state index contributed by atoms with van der Waals surface area (Å²) in [7, 11) is 0. The van der Waals surface area contributed by atoms with Crippen LogP contribution in [0.25, 0.3) is 0 Å². The van der Waals surface area contributed by atoms with Crippen LogP contribution in [0.2, 0.25) is 5.02 Å². The number of hydrogen-bond acceptors (Lipinski definition) is 5. The first kappa shape index (κ1) is 18.7. The molecule has 1 aliphatic rings. The largest absolute Gasteiger partial charge is 0.477 e. The second-order valence-corrected chi connectivity index (χ2v) is 6.99. The molecule has 1 amide bonds. The topological polar surface area (TPSA) is 109 Å². The maximum atomic E-state index is 12.7. The van der Waals surface area contributed by atoms with Gasteiger partial charge in [0.25, 0.3) is 5.91 Å². The number of hydrogen-bond donors (Lipinski definition) is 3. The highest BCUT2D eigenvalue weighted by Crippen LogP contribution is 2.32. The monoisotopic (exact) mass is 409 g/mol. The summed E-state index contributed by atoms with van der Waals surface area (Å²) in [5.74, 6) is -1.44. The zero-order valence-electron chi connectivity index (χ0n) is 15.3.